The highest BCUT2D eigenvalue weighted by molar-refractivity contribution is 6.01. The molecule has 0 spiro atoms. The fraction of sp³-hybridized carbons (Fsp3) is 0.273. The summed E-state index contributed by atoms with van der Waals surface area (Å²) in [5, 5.41) is 10.7. The number of rotatable bonds is 4. The van der Waals surface area contributed by atoms with Crippen molar-refractivity contribution < 1.29 is 19.4 Å². The zero-order valence-corrected chi connectivity index (χ0v) is 8.36. The zero-order chi connectivity index (χ0) is 11.3. The van der Waals surface area contributed by atoms with Crippen LogP contribution in [0.5, 0.6) is 0 Å². The molecule has 0 fully saturated rings. The number of hydrogen-bond acceptors (Lipinski definition) is 4. The minimum absolute atomic E-state index is 0.0333. The van der Waals surface area contributed by atoms with Crippen LogP contribution in [0.2, 0.25) is 0 Å². The van der Waals surface area contributed by atoms with Gasteiger partial charge in [0, 0.05) is 5.56 Å². The molecular weight excluding hydrogens is 196 g/mol. The molecule has 0 atom stereocenters. The third-order valence-electron chi connectivity index (χ3n) is 1.80. The summed E-state index contributed by atoms with van der Waals surface area (Å²) >= 11 is 0. The van der Waals surface area contributed by atoms with E-state index in [4.69, 9.17) is 4.74 Å². The lowest BCUT2D eigenvalue weighted by Gasteiger charge is -2.09. The van der Waals surface area contributed by atoms with E-state index < -0.39 is 11.9 Å². The second kappa shape index (κ2) is 5.14. The fourth-order valence-corrected chi connectivity index (χ4v) is 1.11. The number of esters is 1. The largest absolute Gasteiger partial charge is 0.545 e. The van der Waals surface area contributed by atoms with Crippen molar-refractivity contribution >= 4 is 11.9 Å². The summed E-state index contributed by atoms with van der Waals surface area (Å²) < 4.78 is 4.84. The van der Waals surface area contributed by atoms with Crippen molar-refractivity contribution in [3.63, 3.8) is 0 Å². The van der Waals surface area contributed by atoms with Gasteiger partial charge in [-0.05, 0) is 12.5 Å². The van der Waals surface area contributed by atoms with Crippen molar-refractivity contribution in [2.45, 2.75) is 13.3 Å². The molecule has 0 aliphatic carbocycles. The van der Waals surface area contributed by atoms with Gasteiger partial charge < -0.3 is 14.6 Å². The Bertz CT molecular complexity index is 371. The SMILES string of the molecule is CCCOC(=O)c1ccccc1C(=O)[O-]. The van der Waals surface area contributed by atoms with Gasteiger partial charge in [0.15, 0.2) is 0 Å². The first-order valence-electron chi connectivity index (χ1n) is 4.64. The minimum Gasteiger partial charge on any atom is -0.545 e. The highest BCUT2D eigenvalue weighted by Gasteiger charge is 2.11. The van der Waals surface area contributed by atoms with Crippen LogP contribution in [-0.2, 0) is 4.74 Å². The summed E-state index contributed by atoms with van der Waals surface area (Å²) in [5.74, 6) is -2.00. The predicted octanol–water partition coefficient (Wildman–Crippen LogP) is 0.617. The van der Waals surface area contributed by atoms with E-state index in [9.17, 15) is 14.7 Å². The molecule has 4 heteroatoms. The molecular formula is C11H11O4-. The van der Waals surface area contributed by atoms with E-state index in [0.717, 1.165) is 0 Å². The summed E-state index contributed by atoms with van der Waals surface area (Å²) in [4.78, 5) is 22.1. The highest BCUT2D eigenvalue weighted by atomic mass is 16.5. The van der Waals surface area contributed by atoms with Crippen molar-refractivity contribution in [1.82, 2.24) is 0 Å². The van der Waals surface area contributed by atoms with E-state index in [2.05, 4.69) is 0 Å². The fourth-order valence-electron chi connectivity index (χ4n) is 1.11. The first-order chi connectivity index (χ1) is 7.16. The summed E-state index contributed by atoms with van der Waals surface area (Å²) in [7, 11) is 0. The normalized spacial score (nSPS) is 9.67. The molecule has 0 unspecified atom stereocenters. The van der Waals surface area contributed by atoms with Gasteiger partial charge in [0.1, 0.15) is 0 Å². The Hall–Kier alpha value is -1.84. The molecule has 0 bridgehead atoms. The minimum atomic E-state index is -1.38. The number of ether oxygens (including phenoxy) is 1. The van der Waals surface area contributed by atoms with Gasteiger partial charge in [-0.2, -0.15) is 0 Å². The molecule has 80 valence electrons. The summed E-state index contributed by atoms with van der Waals surface area (Å²) in [6.45, 7) is 2.14. The molecule has 15 heavy (non-hydrogen) atoms. The number of benzene rings is 1. The molecule has 0 amide bonds. The predicted molar refractivity (Wildman–Crippen MR) is 51.3 cm³/mol. The van der Waals surface area contributed by atoms with E-state index >= 15 is 0 Å². The Morgan fingerprint density at radius 1 is 1.27 bits per heavy atom. The average molecular weight is 207 g/mol. The molecule has 1 rings (SSSR count). The number of carboxylic acids is 1. The second-order valence-electron chi connectivity index (χ2n) is 2.97. The van der Waals surface area contributed by atoms with Crippen molar-refractivity contribution in [3.8, 4) is 0 Å². The molecule has 0 aliphatic rings. The van der Waals surface area contributed by atoms with Crippen LogP contribution in [0.15, 0.2) is 24.3 Å². The van der Waals surface area contributed by atoms with Crippen molar-refractivity contribution in [2.75, 3.05) is 6.61 Å². The maximum atomic E-state index is 11.4. The first kappa shape index (κ1) is 11.2. The lowest BCUT2D eigenvalue weighted by Crippen LogP contribution is -2.25. The molecule has 0 saturated heterocycles. The molecule has 4 nitrogen and oxygen atoms in total. The van der Waals surface area contributed by atoms with Gasteiger partial charge in [-0.25, -0.2) is 4.79 Å². The van der Waals surface area contributed by atoms with Crippen LogP contribution in [-0.4, -0.2) is 18.5 Å². The van der Waals surface area contributed by atoms with Gasteiger partial charge in [-0.15, -0.1) is 0 Å². The van der Waals surface area contributed by atoms with Gasteiger partial charge in [-0.1, -0.05) is 25.1 Å². The molecule has 0 aliphatic heterocycles. The van der Waals surface area contributed by atoms with E-state index in [-0.39, 0.29) is 17.7 Å². The van der Waals surface area contributed by atoms with Gasteiger partial charge in [0.25, 0.3) is 0 Å². The van der Waals surface area contributed by atoms with Gasteiger partial charge >= 0.3 is 5.97 Å². The van der Waals surface area contributed by atoms with Crippen molar-refractivity contribution in [3.05, 3.63) is 35.4 Å². The molecule has 1 aromatic rings. The topological polar surface area (TPSA) is 66.4 Å². The quantitative estimate of drug-likeness (QED) is 0.679. The third kappa shape index (κ3) is 2.80. The van der Waals surface area contributed by atoms with Crippen LogP contribution in [0.1, 0.15) is 34.1 Å². The Morgan fingerprint density at radius 2 is 1.87 bits per heavy atom. The number of carbonyl (C=O) groups excluding carboxylic acids is 2. The number of carbonyl (C=O) groups is 2. The number of hydrogen-bond donors (Lipinski definition) is 0. The Kier molecular flexibility index (Phi) is 3.85. The monoisotopic (exact) mass is 207 g/mol. The summed E-state index contributed by atoms with van der Waals surface area (Å²) in [6.07, 6.45) is 0.694. The van der Waals surface area contributed by atoms with Crippen LogP contribution in [0.3, 0.4) is 0 Å². The maximum absolute atomic E-state index is 11.4. The first-order valence-corrected chi connectivity index (χ1v) is 4.64. The van der Waals surface area contributed by atoms with E-state index in [1.54, 1.807) is 6.07 Å². The van der Waals surface area contributed by atoms with Crippen molar-refractivity contribution in [2.24, 2.45) is 0 Å². The van der Waals surface area contributed by atoms with Gasteiger partial charge in [0.2, 0.25) is 0 Å². The standard InChI is InChI=1S/C11H12O4/c1-2-7-15-11(14)9-6-4-3-5-8(9)10(12)13/h3-6H,2,7H2,1H3,(H,12,13)/p-1. The molecule has 0 heterocycles. The second-order valence-corrected chi connectivity index (χ2v) is 2.97. The third-order valence-corrected chi connectivity index (χ3v) is 1.80. The lowest BCUT2D eigenvalue weighted by atomic mass is 10.1. The Labute approximate surface area is 87.5 Å². The molecule has 0 N–H and O–H groups in total. The highest BCUT2D eigenvalue weighted by Crippen LogP contribution is 2.09. The molecule has 1 aromatic carbocycles. The average Bonchev–Trinajstić information content (AvgIpc) is 2.25. The van der Waals surface area contributed by atoms with E-state index in [0.29, 0.717) is 6.42 Å². The lowest BCUT2D eigenvalue weighted by molar-refractivity contribution is -0.255. The van der Waals surface area contributed by atoms with Crippen LogP contribution >= 0.6 is 0 Å². The Morgan fingerprint density at radius 3 is 2.40 bits per heavy atom. The number of aromatic carboxylic acids is 1. The smallest absolute Gasteiger partial charge is 0.338 e. The van der Waals surface area contributed by atoms with Crippen molar-refractivity contribution in [1.29, 1.82) is 0 Å². The molecule has 0 saturated carbocycles. The van der Waals surface area contributed by atoms with Crippen LogP contribution in [0, 0.1) is 0 Å². The number of carboxylic acid groups (broad SMARTS) is 1. The summed E-state index contributed by atoms with van der Waals surface area (Å²) in [6, 6.07) is 5.83. The maximum Gasteiger partial charge on any atom is 0.338 e. The molecule has 0 aromatic heterocycles. The van der Waals surface area contributed by atoms with E-state index in [1.165, 1.54) is 18.2 Å². The van der Waals surface area contributed by atoms with Gasteiger partial charge in [0.05, 0.1) is 18.1 Å². The van der Waals surface area contributed by atoms with Crippen LogP contribution < -0.4 is 5.11 Å². The zero-order valence-electron chi connectivity index (χ0n) is 8.36. The summed E-state index contributed by atoms with van der Waals surface area (Å²) in [5.41, 5.74) is -0.107. The van der Waals surface area contributed by atoms with E-state index in [1.807, 2.05) is 6.92 Å². The van der Waals surface area contributed by atoms with Crippen LogP contribution in [0.25, 0.3) is 0 Å². The molecule has 0 radical (unpaired) electrons. The van der Waals surface area contributed by atoms with Crippen LogP contribution in [0.4, 0.5) is 0 Å². The van der Waals surface area contributed by atoms with Gasteiger partial charge in [-0.3, -0.25) is 0 Å². The Balaban J connectivity index is 2.92.